The molecule has 39 heavy (non-hydrogen) atoms. The van der Waals surface area contributed by atoms with Crippen molar-refractivity contribution in [2.45, 2.75) is 58.0 Å². The second-order valence-electron chi connectivity index (χ2n) is 9.76. The maximum atomic E-state index is 13.8. The average molecular weight is 561 g/mol. The van der Waals surface area contributed by atoms with Crippen LogP contribution in [0.15, 0.2) is 36.4 Å². The van der Waals surface area contributed by atoms with E-state index >= 15 is 0 Å². The largest absolute Gasteiger partial charge is 0.416 e. The van der Waals surface area contributed by atoms with E-state index in [1.54, 1.807) is 6.92 Å². The molecule has 1 aliphatic heterocycles. The summed E-state index contributed by atoms with van der Waals surface area (Å²) in [7, 11) is 1.25. The Morgan fingerprint density at radius 3 is 2.03 bits per heavy atom. The Bertz CT molecular complexity index is 1240. The van der Waals surface area contributed by atoms with Crippen LogP contribution < -0.4 is 0 Å². The number of rotatable bonds is 5. The highest BCUT2D eigenvalue weighted by atomic mass is 19.4. The first-order valence-corrected chi connectivity index (χ1v) is 12.1. The van der Waals surface area contributed by atoms with Gasteiger partial charge in [0, 0.05) is 26.4 Å². The summed E-state index contributed by atoms with van der Waals surface area (Å²) in [6.45, 7) is 4.03. The van der Waals surface area contributed by atoms with E-state index in [-0.39, 0.29) is 31.0 Å². The van der Waals surface area contributed by atoms with Gasteiger partial charge in [0.1, 0.15) is 5.82 Å². The number of piperidine rings is 1. The molecule has 1 fully saturated rings. The molecule has 0 radical (unpaired) electrons. The predicted molar refractivity (Wildman–Crippen MR) is 127 cm³/mol. The van der Waals surface area contributed by atoms with Gasteiger partial charge < -0.3 is 9.80 Å². The van der Waals surface area contributed by atoms with Crippen molar-refractivity contribution in [2.75, 3.05) is 13.6 Å². The molecule has 0 aromatic heterocycles. The van der Waals surface area contributed by atoms with Crippen molar-refractivity contribution in [3.05, 3.63) is 70.0 Å². The Morgan fingerprint density at radius 2 is 1.54 bits per heavy atom. The van der Waals surface area contributed by atoms with Gasteiger partial charge in [0.15, 0.2) is 5.78 Å². The summed E-state index contributed by atoms with van der Waals surface area (Å²) in [6, 6.07) is 2.32. The number of amides is 2. The van der Waals surface area contributed by atoms with Crippen LogP contribution in [0, 0.1) is 18.7 Å². The molecule has 0 spiro atoms. The average Bonchev–Trinajstić information content (AvgIpc) is 2.85. The van der Waals surface area contributed by atoms with Crippen molar-refractivity contribution in [1.29, 1.82) is 0 Å². The summed E-state index contributed by atoms with van der Waals surface area (Å²) in [4.78, 5) is 40.2. The summed E-state index contributed by atoms with van der Waals surface area (Å²) in [6.07, 6.45) is -9.92. The molecule has 0 bridgehead atoms. The van der Waals surface area contributed by atoms with Gasteiger partial charge in [0.05, 0.1) is 23.2 Å². The minimum atomic E-state index is -5.05. The second kappa shape index (κ2) is 11.0. The highest BCUT2D eigenvalue weighted by Crippen LogP contribution is 2.40. The SMILES string of the molecule is CC(=O)C(=O)[C@H]1CCN(C(=O)N(C)[C@H](C)c2cc(C(F)(F)F)cc(C(F)(F)F)c2)[C@@H](c2ccc(F)cc2C)C1. The van der Waals surface area contributed by atoms with Crippen molar-refractivity contribution in [3.63, 3.8) is 0 Å². The minimum absolute atomic E-state index is 0.0161. The third-order valence-corrected chi connectivity index (χ3v) is 7.13. The van der Waals surface area contributed by atoms with Gasteiger partial charge in [-0.3, -0.25) is 9.59 Å². The maximum Gasteiger partial charge on any atom is 0.416 e. The molecule has 0 unspecified atom stereocenters. The van der Waals surface area contributed by atoms with Gasteiger partial charge in [-0.05, 0) is 73.7 Å². The lowest BCUT2D eigenvalue weighted by Crippen LogP contribution is -2.49. The Kier molecular flexibility index (Phi) is 8.47. The number of halogens is 7. The fourth-order valence-corrected chi connectivity index (χ4v) is 4.84. The van der Waals surface area contributed by atoms with Crippen molar-refractivity contribution in [1.82, 2.24) is 9.80 Å². The van der Waals surface area contributed by atoms with Crippen LogP contribution in [0.25, 0.3) is 0 Å². The number of carbonyl (C=O) groups excluding carboxylic acids is 3. The van der Waals surface area contributed by atoms with Crippen LogP contribution in [0.5, 0.6) is 0 Å². The first kappa shape index (κ1) is 30.1. The first-order chi connectivity index (χ1) is 17.9. The van der Waals surface area contributed by atoms with Crippen LogP contribution in [0.2, 0.25) is 0 Å². The van der Waals surface area contributed by atoms with Crippen molar-refractivity contribution in [3.8, 4) is 0 Å². The molecule has 1 saturated heterocycles. The van der Waals surface area contributed by atoms with Gasteiger partial charge in [-0.25, -0.2) is 9.18 Å². The summed E-state index contributed by atoms with van der Waals surface area (Å²) in [5, 5.41) is 0. The van der Waals surface area contributed by atoms with E-state index in [1.807, 2.05) is 0 Å². The predicted octanol–water partition coefficient (Wildman–Crippen LogP) is 6.90. The molecular formula is C27H27F7N2O3. The molecule has 212 valence electrons. The molecule has 0 aliphatic carbocycles. The summed E-state index contributed by atoms with van der Waals surface area (Å²) >= 11 is 0. The summed E-state index contributed by atoms with van der Waals surface area (Å²) < 4.78 is 94.1. The standard InChI is InChI=1S/C27H27F7N2O3/c1-14-9-21(28)5-6-22(14)23-12-17(24(38)16(3)37)7-8-36(23)25(39)35(4)15(2)18-10-19(26(29,30)31)13-20(11-18)27(32,33)34/h5-6,9-11,13,15,17,23H,7-8,12H2,1-4H3/t15-,17+,23-/m1/s1. The molecular weight excluding hydrogens is 533 g/mol. The Hall–Kier alpha value is -3.44. The smallest absolute Gasteiger partial charge is 0.321 e. The fraction of sp³-hybridized carbons (Fsp3) is 0.444. The van der Waals surface area contributed by atoms with Crippen LogP contribution >= 0.6 is 0 Å². The normalized spacial score (nSPS) is 19.0. The van der Waals surface area contributed by atoms with Crippen LogP contribution in [0.3, 0.4) is 0 Å². The van der Waals surface area contributed by atoms with Crippen molar-refractivity contribution >= 4 is 17.6 Å². The van der Waals surface area contributed by atoms with Gasteiger partial charge in [0.25, 0.3) is 0 Å². The summed E-state index contributed by atoms with van der Waals surface area (Å²) in [5.74, 6) is -2.50. The Morgan fingerprint density at radius 1 is 0.974 bits per heavy atom. The molecule has 1 aliphatic rings. The van der Waals surface area contributed by atoms with Gasteiger partial charge in [-0.15, -0.1) is 0 Å². The molecule has 3 atom stereocenters. The molecule has 2 aromatic rings. The lowest BCUT2D eigenvalue weighted by molar-refractivity contribution is -0.143. The minimum Gasteiger partial charge on any atom is -0.321 e. The molecule has 1 heterocycles. The monoisotopic (exact) mass is 560 g/mol. The summed E-state index contributed by atoms with van der Waals surface area (Å²) in [5.41, 5.74) is -2.39. The third kappa shape index (κ3) is 6.59. The highest BCUT2D eigenvalue weighted by molar-refractivity contribution is 6.37. The maximum absolute atomic E-state index is 13.8. The number of carbonyl (C=O) groups is 3. The van der Waals surface area contributed by atoms with E-state index in [0.29, 0.717) is 23.3 Å². The van der Waals surface area contributed by atoms with E-state index in [0.717, 1.165) is 11.8 Å². The topological polar surface area (TPSA) is 57.7 Å². The molecule has 0 saturated carbocycles. The van der Waals surface area contributed by atoms with Crippen LogP contribution in [-0.4, -0.2) is 41.0 Å². The van der Waals surface area contributed by atoms with Crippen LogP contribution in [0.1, 0.15) is 66.6 Å². The van der Waals surface area contributed by atoms with Crippen LogP contribution in [-0.2, 0) is 21.9 Å². The number of ketones is 2. The highest BCUT2D eigenvalue weighted by Gasteiger charge is 2.40. The van der Waals surface area contributed by atoms with E-state index in [9.17, 15) is 45.1 Å². The Labute approximate surface area is 220 Å². The van der Waals surface area contributed by atoms with Gasteiger partial charge in [-0.2, -0.15) is 26.3 Å². The van der Waals surface area contributed by atoms with E-state index < -0.39 is 64.9 Å². The third-order valence-electron chi connectivity index (χ3n) is 7.13. The molecule has 2 aromatic carbocycles. The number of Topliss-reactive ketones (excluding diaryl/α,β-unsaturated/α-hetero) is 2. The molecule has 5 nitrogen and oxygen atoms in total. The molecule has 3 rings (SSSR count). The number of urea groups is 1. The fourth-order valence-electron chi connectivity index (χ4n) is 4.84. The number of alkyl halides is 6. The van der Waals surface area contributed by atoms with E-state index in [4.69, 9.17) is 0 Å². The second-order valence-corrected chi connectivity index (χ2v) is 9.76. The zero-order chi connectivity index (χ0) is 29.4. The van der Waals surface area contributed by atoms with E-state index in [2.05, 4.69) is 0 Å². The van der Waals surface area contributed by atoms with Gasteiger partial charge in [0.2, 0.25) is 5.78 Å². The molecule has 12 heteroatoms. The van der Waals surface area contributed by atoms with E-state index in [1.165, 1.54) is 37.1 Å². The number of hydrogen-bond donors (Lipinski definition) is 0. The number of hydrogen-bond acceptors (Lipinski definition) is 3. The lowest BCUT2D eigenvalue weighted by atomic mass is 9.82. The van der Waals surface area contributed by atoms with Crippen molar-refractivity contribution < 1.29 is 45.1 Å². The van der Waals surface area contributed by atoms with Crippen molar-refractivity contribution in [2.24, 2.45) is 5.92 Å². The number of nitrogens with zero attached hydrogens (tertiary/aromatic N) is 2. The zero-order valence-corrected chi connectivity index (χ0v) is 21.6. The van der Waals surface area contributed by atoms with Gasteiger partial charge in [-0.1, -0.05) is 6.07 Å². The zero-order valence-electron chi connectivity index (χ0n) is 21.6. The van der Waals surface area contributed by atoms with Crippen LogP contribution in [0.4, 0.5) is 35.5 Å². The molecule has 0 N–H and O–H groups in total. The number of likely N-dealkylation sites (tertiary alicyclic amines) is 1. The Balaban J connectivity index is 1.99. The quantitative estimate of drug-likeness (QED) is 0.296. The van der Waals surface area contributed by atoms with Gasteiger partial charge >= 0.3 is 18.4 Å². The number of aryl methyl sites for hydroxylation is 1. The number of benzene rings is 2. The molecule has 2 amide bonds. The first-order valence-electron chi connectivity index (χ1n) is 12.1. The lowest BCUT2D eigenvalue weighted by Gasteiger charge is -2.42.